The normalized spacial score (nSPS) is 24.2. The van der Waals surface area contributed by atoms with Gasteiger partial charge in [-0.05, 0) is 42.5 Å². The average Bonchev–Trinajstić information content (AvgIpc) is 3.05. The van der Waals surface area contributed by atoms with Crippen molar-refractivity contribution in [3.8, 4) is 0 Å². The fourth-order valence-corrected chi connectivity index (χ4v) is 4.08. The number of rotatable bonds is 2. The predicted octanol–water partition coefficient (Wildman–Crippen LogP) is 4.66. The Morgan fingerprint density at radius 3 is 2.79 bits per heavy atom. The van der Waals surface area contributed by atoms with Crippen LogP contribution in [0.5, 0.6) is 0 Å². The number of benzene rings is 2. The number of fused-ring (bicyclic) bond motifs is 3. The van der Waals surface area contributed by atoms with E-state index in [1.807, 2.05) is 25.1 Å². The van der Waals surface area contributed by atoms with E-state index in [-0.39, 0.29) is 23.7 Å². The molecule has 2 aliphatic rings. The summed E-state index contributed by atoms with van der Waals surface area (Å²) in [5.74, 6) is -1.03. The molecule has 0 saturated carbocycles. The maximum atomic E-state index is 14.4. The lowest BCUT2D eigenvalue weighted by molar-refractivity contribution is 0.0695. The molecule has 3 nitrogen and oxygen atoms in total. The molecule has 0 unspecified atom stereocenters. The zero-order chi connectivity index (χ0) is 16.8. The number of hydrogen-bond donors (Lipinski definition) is 2. The van der Waals surface area contributed by atoms with Crippen LogP contribution >= 0.6 is 0 Å². The van der Waals surface area contributed by atoms with Gasteiger partial charge in [0.2, 0.25) is 0 Å². The molecule has 0 aromatic heterocycles. The highest BCUT2D eigenvalue weighted by Gasteiger charge is 2.41. The van der Waals surface area contributed by atoms with Gasteiger partial charge in [0.15, 0.2) is 0 Å². The summed E-state index contributed by atoms with van der Waals surface area (Å²) in [7, 11) is 0. The highest BCUT2D eigenvalue weighted by atomic mass is 19.1. The molecule has 122 valence electrons. The molecule has 4 rings (SSSR count). The number of allylic oxidation sites excluding steroid dienone is 2. The summed E-state index contributed by atoms with van der Waals surface area (Å²) < 4.78 is 14.4. The number of carboxylic acids is 1. The van der Waals surface area contributed by atoms with E-state index in [4.69, 9.17) is 0 Å². The lowest BCUT2D eigenvalue weighted by atomic mass is 9.74. The van der Waals surface area contributed by atoms with E-state index >= 15 is 0 Å². The smallest absolute Gasteiger partial charge is 0.336 e. The standard InChI is InChI=1S/C20H18FNO2/c1-11-9-10-15(20(23)24)17-12-6-4-7-13(12)19(22-18(11)17)14-5-2-3-8-16(14)21/h2-6,8-10,12-13,19,22H,7H2,1H3,(H,23,24)/t12-,13+,19-/m1/s1. The lowest BCUT2D eigenvalue weighted by Gasteiger charge is -2.39. The summed E-state index contributed by atoms with van der Waals surface area (Å²) in [6, 6.07) is 10.1. The van der Waals surface area contributed by atoms with Gasteiger partial charge in [-0.25, -0.2) is 9.18 Å². The third-order valence-corrected chi connectivity index (χ3v) is 5.20. The van der Waals surface area contributed by atoms with Crippen molar-refractivity contribution >= 4 is 11.7 Å². The van der Waals surface area contributed by atoms with E-state index < -0.39 is 5.97 Å². The summed E-state index contributed by atoms with van der Waals surface area (Å²) >= 11 is 0. The second-order valence-corrected chi connectivity index (χ2v) is 6.52. The first-order valence-corrected chi connectivity index (χ1v) is 8.12. The van der Waals surface area contributed by atoms with Crippen LogP contribution in [-0.4, -0.2) is 11.1 Å². The van der Waals surface area contributed by atoms with Gasteiger partial charge in [0.1, 0.15) is 5.82 Å². The number of aryl methyl sites for hydroxylation is 1. The third-order valence-electron chi connectivity index (χ3n) is 5.20. The van der Waals surface area contributed by atoms with Crippen LogP contribution in [0.2, 0.25) is 0 Å². The van der Waals surface area contributed by atoms with E-state index in [1.54, 1.807) is 12.1 Å². The van der Waals surface area contributed by atoms with Crippen molar-refractivity contribution in [1.82, 2.24) is 0 Å². The van der Waals surface area contributed by atoms with Crippen molar-refractivity contribution in [3.63, 3.8) is 0 Å². The molecular formula is C20H18FNO2. The summed E-state index contributed by atoms with van der Waals surface area (Å²) in [6.07, 6.45) is 4.96. The Bertz CT molecular complexity index is 859. The van der Waals surface area contributed by atoms with Gasteiger partial charge in [0, 0.05) is 17.2 Å². The van der Waals surface area contributed by atoms with Crippen LogP contribution in [0.1, 0.15) is 45.4 Å². The molecule has 0 bridgehead atoms. The van der Waals surface area contributed by atoms with Gasteiger partial charge >= 0.3 is 5.97 Å². The Morgan fingerprint density at radius 2 is 2.04 bits per heavy atom. The Labute approximate surface area is 139 Å². The zero-order valence-electron chi connectivity index (χ0n) is 13.3. The molecule has 0 saturated heterocycles. The maximum Gasteiger partial charge on any atom is 0.336 e. The number of anilines is 1. The number of halogens is 1. The largest absolute Gasteiger partial charge is 0.478 e. The molecule has 0 amide bonds. The lowest BCUT2D eigenvalue weighted by Crippen LogP contribution is -2.31. The molecule has 0 radical (unpaired) electrons. The number of carbonyl (C=O) groups is 1. The highest BCUT2D eigenvalue weighted by Crippen LogP contribution is 2.51. The van der Waals surface area contributed by atoms with Crippen LogP contribution in [0.25, 0.3) is 0 Å². The highest BCUT2D eigenvalue weighted by molar-refractivity contribution is 5.93. The summed E-state index contributed by atoms with van der Waals surface area (Å²) in [6.45, 7) is 1.95. The van der Waals surface area contributed by atoms with Crippen molar-refractivity contribution in [1.29, 1.82) is 0 Å². The van der Waals surface area contributed by atoms with E-state index in [0.29, 0.717) is 11.1 Å². The Balaban J connectivity index is 1.90. The van der Waals surface area contributed by atoms with Crippen molar-refractivity contribution < 1.29 is 14.3 Å². The molecule has 2 aromatic rings. The Kier molecular flexibility index (Phi) is 3.41. The topological polar surface area (TPSA) is 49.3 Å². The second kappa shape index (κ2) is 5.48. The third kappa shape index (κ3) is 2.13. The van der Waals surface area contributed by atoms with Gasteiger partial charge in [-0.1, -0.05) is 36.4 Å². The first-order chi connectivity index (χ1) is 11.6. The molecule has 3 atom stereocenters. The minimum Gasteiger partial charge on any atom is -0.478 e. The Hall–Kier alpha value is -2.62. The molecule has 24 heavy (non-hydrogen) atoms. The van der Waals surface area contributed by atoms with E-state index in [1.165, 1.54) is 6.07 Å². The van der Waals surface area contributed by atoms with Crippen LogP contribution < -0.4 is 5.32 Å². The van der Waals surface area contributed by atoms with Crippen LogP contribution in [0.15, 0.2) is 48.6 Å². The number of nitrogens with one attached hydrogen (secondary N) is 1. The van der Waals surface area contributed by atoms with Crippen molar-refractivity contribution in [2.75, 3.05) is 5.32 Å². The van der Waals surface area contributed by atoms with Gasteiger partial charge in [-0.2, -0.15) is 0 Å². The van der Waals surface area contributed by atoms with Crippen LogP contribution in [0.3, 0.4) is 0 Å². The summed E-state index contributed by atoms with van der Waals surface area (Å²) in [4.78, 5) is 11.7. The fraction of sp³-hybridized carbons (Fsp3) is 0.250. The summed E-state index contributed by atoms with van der Waals surface area (Å²) in [5, 5.41) is 13.0. The van der Waals surface area contributed by atoms with Crippen molar-refractivity contribution in [3.05, 3.63) is 76.6 Å². The first-order valence-electron chi connectivity index (χ1n) is 8.12. The molecular weight excluding hydrogens is 305 g/mol. The molecule has 2 aromatic carbocycles. The predicted molar refractivity (Wildman–Crippen MR) is 90.9 cm³/mol. The second-order valence-electron chi connectivity index (χ2n) is 6.52. The van der Waals surface area contributed by atoms with Crippen LogP contribution in [-0.2, 0) is 0 Å². The van der Waals surface area contributed by atoms with E-state index in [0.717, 1.165) is 23.2 Å². The van der Waals surface area contributed by atoms with Gasteiger partial charge in [-0.15, -0.1) is 0 Å². The van der Waals surface area contributed by atoms with Gasteiger partial charge in [0.25, 0.3) is 0 Å². The number of hydrogen-bond acceptors (Lipinski definition) is 2. The molecule has 1 aliphatic heterocycles. The Morgan fingerprint density at radius 1 is 1.25 bits per heavy atom. The first kappa shape index (κ1) is 14.9. The van der Waals surface area contributed by atoms with Gasteiger partial charge in [0.05, 0.1) is 11.6 Å². The molecule has 0 fully saturated rings. The van der Waals surface area contributed by atoms with Crippen LogP contribution in [0.4, 0.5) is 10.1 Å². The molecule has 1 aliphatic carbocycles. The monoisotopic (exact) mass is 323 g/mol. The maximum absolute atomic E-state index is 14.4. The molecule has 1 heterocycles. The van der Waals surface area contributed by atoms with E-state index in [2.05, 4.69) is 17.5 Å². The fourth-order valence-electron chi connectivity index (χ4n) is 4.08. The quantitative estimate of drug-likeness (QED) is 0.790. The van der Waals surface area contributed by atoms with Crippen molar-refractivity contribution in [2.24, 2.45) is 5.92 Å². The van der Waals surface area contributed by atoms with Gasteiger partial charge < -0.3 is 10.4 Å². The summed E-state index contributed by atoms with van der Waals surface area (Å²) in [5.41, 5.74) is 3.61. The number of carboxylic acid groups (broad SMARTS) is 1. The average molecular weight is 323 g/mol. The van der Waals surface area contributed by atoms with Crippen LogP contribution in [0, 0.1) is 18.7 Å². The van der Waals surface area contributed by atoms with Crippen molar-refractivity contribution in [2.45, 2.75) is 25.3 Å². The van der Waals surface area contributed by atoms with E-state index in [9.17, 15) is 14.3 Å². The molecule has 2 N–H and O–H groups in total. The number of aromatic carboxylic acids is 1. The van der Waals surface area contributed by atoms with Gasteiger partial charge in [-0.3, -0.25) is 0 Å². The SMILES string of the molecule is Cc1ccc(C(=O)O)c2c1N[C@@H](c1ccccc1F)[C@H]1CC=C[C@@H]21. The minimum absolute atomic E-state index is 0.00291. The zero-order valence-corrected chi connectivity index (χ0v) is 13.3. The molecule has 0 spiro atoms. The molecule has 4 heteroatoms. The minimum atomic E-state index is -0.920.